The van der Waals surface area contributed by atoms with Crippen LogP contribution in [0.4, 0.5) is 0 Å². The lowest BCUT2D eigenvalue weighted by Crippen LogP contribution is -2.24. The highest BCUT2D eigenvalue weighted by Gasteiger charge is 2.27. The summed E-state index contributed by atoms with van der Waals surface area (Å²) < 4.78 is 2.10. The largest absolute Gasteiger partial charge is 0.299 e. The van der Waals surface area contributed by atoms with Crippen molar-refractivity contribution in [3.05, 3.63) is 18.0 Å². The zero-order valence-electron chi connectivity index (χ0n) is 13.3. The Bertz CT molecular complexity index is 473. The van der Waals surface area contributed by atoms with Gasteiger partial charge in [0, 0.05) is 12.1 Å². The third-order valence-corrected chi connectivity index (χ3v) is 5.53. The Labute approximate surface area is 128 Å². The maximum atomic E-state index is 12.5. The van der Waals surface area contributed by atoms with Crippen LogP contribution in [0.25, 0.3) is 0 Å². The summed E-state index contributed by atoms with van der Waals surface area (Å²) in [5.41, 5.74) is 0.977. The van der Waals surface area contributed by atoms with Gasteiger partial charge in [0.05, 0.1) is 18.2 Å². The Kier molecular flexibility index (Phi) is 4.77. The molecule has 2 aliphatic rings. The Morgan fingerprint density at radius 3 is 2.81 bits per heavy atom. The summed E-state index contributed by atoms with van der Waals surface area (Å²) in [6, 6.07) is 2.63. The molecule has 0 saturated heterocycles. The van der Waals surface area contributed by atoms with E-state index >= 15 is 0 Å². The van der Waals surface area contributed by atoms with Crippen molar-refractivity contribution in [3.8, 4) is 0 Å². The third kappa shape index (κ3) is 3.56. The molecular weight excluding hydrogens is 260 g/mol. The lowest BCUT2D eigenvalue weighted by molar-refractivity contribution is -0.123. The summed E-state index contributed by atoms with van der Waals surface area (Å²) in [4.78, 5) is 12.5. The number of rotatable bonds is 5. The second-order valence-corrected chi connectivity index (χ2v) is 7.01. The summed E-state index contributed by atoms with van der Waals surface area (Å²) in [5.74, 6) is 1.48. The van der Waals surface area contributed by atoms with Gasteiger partial charge in [0.25, 0.3) is 0 Å². The standard InChI is InChI=1S/C18H28N2O/c1-2-14-6-5-7-15(12-14)18(21)13-16-10-11-20(19-16)17-8-3-4-9-17/h10-11,14-15,17H,2-9,12-13H2,1H3. The van der Waals surface area contributed by atoms with Crippen LogP contribution in [0, 0.1) is 11.8 Å². The molecule has 1 aromatic rings. The van der Waals surface area contributed by atoms with Crippen molar-refractivity contribution in [2.75, 3.05) is 0 Å². The second kappa shape index (κ2) is 6.76. The van der Waals surface area contributed by atoms with Crippen LogP contribution in [-0.2, 0) is 11.2 Å². The number of Topliss-reactive ketones (excluding diaryl/α,β-unsaturated/α-hetero) is 1. The van der Waals surface area contributed by atoms with Gasteiger partial charge in [0.1, 0.15) is 5.78 Å². The Hall–Kier alpha value is -1.12. The normalized spacial score (nSPS) is 27.1. The summed E-state index contributed by atoms with van der Waals surface area (Å²) in [7, 11) is 0. The molecule has 2 aliphatic carbocycles. The van der Waals surface area contributed by atoms with Gasteiger partial charge in [0.2, 0.25) is 0 Å². The van der Waals surface area contributed by atoms with Crippen molar-refractivity contribution < 1.29 is 4.79 Å². The molecule has 1 aromatic heterocycles. The molecule has 3 nitrogen and oxygen atoms in total. The molecule has 0 aromatic carbocycles. The molecule has 2 fully saturated rings. The quantitative estimate of drug-likeness (QED) is 0.808. The predicted octanol–water partition coefficient (Wildman–Crippen LogP) is 4.33. The van der Waals surface area contributed by atoms with Gasteiger partial charge in [-0.2, -0.15) is 5.10 Å². The molecule has 0 radical (unpaired) electrons. The van der Waals surface area contributed by atoms with Crippen LogP contribution < -0.4 is 0 Å². The predicted molar refractivity (Wildman–Crippen MR) is 84.2 cm³/mol. The number of hydrogen-bond donors (Lipinski definition) is 0. The molecule has 0 bridgehead atoms. The average molecular weight is 288 g/mol. The molecule has 0 N–H and O–H groups in total. The van der Waals surface area contributed by atoms with Gasteiger partial charge in [0.15, 0.2) is 0 Å². The lowest BCUT2D eigenvalue weighted by Gasteiger charge is -2.27. The van der Waals surface area contributed by atoms with Crippen LogP contribution in [0.3, 0.4) is 0 Å². The van der Waals surface area contributed by atoms with Crippen molar-refractivity contribution in [2.24, 2.45) is 11.8 Å². The fourth-order valence-corrected chi connectivity index (χ4v) is 4.12. The van der Waals surface area contributed by atoms with E-state index in [9.17, 15) is 4.79 Å². The summed E-state index contributed by atoms with van der Waals surface area (Å²) in [5, 5.41) is 4.66. The fraction of sp³-hybridized carbons (Fsp3) is 0.778. The molecule has 2 atom stereocenters. The molecule has 116 valence electrons. The lowest BCUT2D eigenvalue weighted by atomic mass is 9.77. The van der Waals surface area contributed by atoms with Crippen LogP contribution >= 0.6 is 0 Å². The minimum Gasteiger partial charge on any atom is -0.299 e. The van der Waals surface area contributed by atoms with Gasteiger partial charge < -0.3 is 0 Å². The monoisotopic (exact) mass is 288 g/mol. The SMILES string of the molecule is CCC1CCCC(C(=O)Cc2ccn(C3CCCC3)n2)C1. The molecule has 3 heteroatoms. The van der Waals surface area contributed by atoms with E-state index in [0.717, 1.165) is 24.5 Å². The highest BCUT2D eigenvalue weighted by atomic mass is 16.1. The van der Waals surface area contributed by atoms with Crippen LogP contribution in [0.2, 0.25) is 0 Å². The van der Waals surface area contributed by atoms with Gasteiger partial charge in [-0.05, 0) is 37.7 Å². The molecule has 2 unspecified atom stereocenters. The number of carbonyl (C=O) groups excluding carboxylic acids is 1. The van der Waals surface area contributed by atoms with Gasteiger partial charge in [-0.3, -0.25) is 9.48 Å². The van der Waals surface area contributed by atoms with Crippen LogP contribution in [-0.4, -0.2) is 15.6 Å². The van der Waals surface area contributed by atoms with Crippen molar-refractivity contribution in [1.82, 2.24) is 9.78 Å². The summed E-state index contributed by atoms with van der Waals surface area (Å²) >= 11 is 0. The van der Waals surface area contributed by atoms with E-state index in [0.29, 0.717) is 24.2 Å². The zero-order chi connectivity index (χ0) is 14.7. The first-order valence-corrected chi connectivity index (χ1v) is 8.83. The minimum absolute atomic E-state index is 0.292. The van der Waals surface area contributed by atoms with Gasteiger partial charge in [-0.15, -0.1) is 0 Å². The van der Waals surface area contributed by atoms with Gasteiger partial charge in [-0.1, -0.05) is 39.0 Å². The first-order valence-electron chi connectivity index (χ1n) is 8.83. The molecule has 21 heavy (non-hydrogen) atoms. The van der Waals surface area contributed by atoms with E-state index in [4.69, 9.17) is 0 Å². The zero-order valence-corrected chi connectivity index (χ0v) is 13.3. The van der Waals surface area contributed by atoms with E-state index in [1.165, 1.54) is 44.9 Å². The van der Waals surface area contributed by atoms with Crippen molar-refractivity contribution in [3.63, 3.8) is 0 Å². The van der Waals surface area contributed by atoms with Crippen molar-refractivity contribution in [2.45, 2.75) is 77.2 Å². The molecule has 0 aliphatic heterocycles. The average Bonchev–Trinajstić information content (AvgIpc) is 3.18. The summed E-state index contributed by atoms with van der Waals surface area (Å²) in [6.07, 6.45) is 13.7. The molecule has 0 amide bonds. The van der Waals surface area contributed by atoms with Gasteiger partial charge >= 0.3 is 0 Å². The van der Waals surface area contributed by atoms with Crippen LogP contribution in [0.1, 0.15) is 76.4 Å². The van der Waals surface area contributed by atoms with Crippen LogP contribution in [0.15, 0.2) is 12.3 Å². The Balaban J connectivity index is 1.57. The Morgan fingerprint density at radius 2 is 2.05 bits per heavy atom. The maximum Gasteiger partial charge on any atom is 0.141 e. The smallest absolute Gasteiger partial charge is 0.141 e. The highest BCUT2D eigenvalue weighted by Crippen LogP contribution is 2.32. The maximum absolute atomic E-state index is 12.5. The number of ketones is 1. The highest BCUT2D eigenvalue weighted by molar-refractivity contribution is 5.82. The topological polar surface area (TPSA) is 34.9 Å². The Morgan fingerprint density at radius 1 is 1.24 bits per heavy atom. The third-order valence-electron chi connectivity index (χ3n) is 5.53. The van der Waals surface area contributed by atoms with Crippen LogP contribution in [0.5, 0.6) is 0 Å². The van der Waals surface area contributed by atoms with E-state index in [1.807, 2.05) is 0 Å². The number of hydrogen-bond acceptors (Lipinski definition) is 2. The van der Waals surface area contributed by atoms with E-state index < -0.39 is 0 Å². The van der Waals surface area contributed by atoms with E-state index in [-0.39, 0.29) is 0 Å². The number of aromatic nitrogens is 2. The molecule has 2 saturated carbocycles. The van der Waals surface area contributed by atoms with E-state index in [1.54, 1.807) is 0 Å². The van der Waals surface area contributed by atoms with Crippen molar-refractivity contribution >= 4 is 5.78 Å². The fourth-order valence-electron chi connectivity index (χ4n) is 4.12. The summed E-state index contributed by atoms with van der Waals surface area (Å²) in [6.45, 7) is 2.25. The first-order chi connectivity index (χ1) is 10.3. The molecule has 3 rings (SSSR count). The first kappa shape index (κ1) is 14.8. The molecular formula is C18H28N2O. The number of carbonyl (C=O) groups is 1. The van der Waals surface area contributed by atoms with E-state index in [2.05, 4.69) is 29.0 Å². The van der Waals surface area contributed by atoms with Crippen molar-refractivity contribution in [1.29, 1.82) is 0 Å². The molecule has 0 spiro atoms. The number of nitrogens with zero attached hydrogens (tertiary/aromatic N) is 2. The molecule has 1 heterocycles. The van der Waals surface area contributed by atoms with Gasteiger partial charge in [-0.25, -0.2) is 0 Å². The second-order valence-electron chi connectivity index (χ2n) is 7.01. The minimum atomic E-state index is 0.292.